The van der Waals surface area contributed by atoms with Crippen LogP contribution in [0.4, 0.5) is 0 Å². The highest BCUT2D eigenvalue weighted by Crippen LogP contribution is 2.44. The van der Waals surface area contributed by atoms with Crippen molar-refractivity contribution in [2.75, 3.05) is 27.4 Å². The standard InChI is InChI=1S/C25H28O4/c1-18(2)28-16-17-29-25-21(19-10-5-7-14-23(19)26-3)12-9-13-22(25)20-11-6-8-15-24(20)27-4/h5-15,18H,16-17H2,1-4H3. The summed E-state index contributed by atoms with van der Waals surface area (Å²) in [6, 6.07) is 22.0. The van der Waals surface area contributed by atoms with E-state index in [0.29, 0.717) is 13.2 Å². The zero-order valence-electron chi connectivity index (χ0n) is 17.5. The van der Waals surface area contributed by atoms with Gasteiger partial charge in [0.25, 0.3) is 0 Å². The Bertz CT molecular complexity index is 868. The molecule has 0 aliphatic rings. The number of para-hydroxylation sites is 3. The van der Waals surface area contributed by atoms with Crippen LogP contribution in [-0.2, 0) is 4.74 Å². The fraction of sp³-hybridized carbons (Fsp3) is 0.280. The molecule has 0 aromatic heterocycles. The molecule has 0 unspecified atom stereocenters. The Labute approximate surface area is 173 Å². The van der Waals surface area contributed by atoms with Gasteiger partial charge in [0, 0.05) is 22.3 Å². The minimum Gasteiger partial charge on any atom is -0.496 e. The number of rotatable bonds is 9. The van der Waals surface area contributed by atoms with E-state index < -0.39 is 0 Å². The third kappa shape index (κ3) is 4.90. The van der Waals surface area contributed by atoms with Crippen molar-refractivity contribution in [2.45, 2.75) is 20.0 Å². The molecule has 0 amide bonds. The SMILES string of the molecule is COc1ccccc1-c1cccc(-c2ccccc2OC)c1OCCOC(C)C. The highest BCUT2D eigenvalue weighted by atomic mass is 16.5. The average Bonchev–Trinajstić information content (AvgIpc) is 2.76. The quantitative estimate of drug-likeness (QED) is 0.429. The van der Waals surface area contributed by atoms with Crippen molar-refractivity contribution in [1.29, 1.82) is 0 Å². The molecule has 4 nitrogen and oxygen atoms in total. The first-order valence-corrected chi connectivity index (χ1v) is 9.80. The molecule has 3 aromatic rings. The Kier molecular flexibility index (Phi) is 7.14. The van der Waals surface area contributed by atoms with Gasteiger partial charge < -0.3 is 18.9 Å². The van der Waals surface area contributed by atoms with E-state index in [2.05, 4.69) is 12.1 Å². The van der Waals surface area contributed by atoms with Crippen molar-refractivity contribution in [3.05, 3.63) is 66.7 Å². The molecule has 0 saturated heterocycles. The molecule has 4 heteroatoms. The zero-order chi connectivity index (χ0) is 20.6. The molecule has 0 spiro atoms. The topological polar surface area (TPSA) is 36.9 Å². The normalized spacial score (nSPS) is 10.8. The molecule has 0 fully saturated rings. The lowest BCUT2D eigenvalue weighted by molar-refractivity contribution is 0.0555. The molecule has 0 aliphatic heterocycles. The second kappa shape index (κ2) is 9.99. The molecule has 29 heavy (non-hydrogen) atoms. The van der Waals surface area contributed by atoms with Gasteiger partial charge >= 0.3 is 0 Å². The van der Waals surface area contributed by atoms with Gasteiger partial charge in [-0.25, -0.2) is 0 Å². The Hall–Kier alpha value is -2.98. The minimum atomic E-state index is 0.164. The van der Waals surface area contributed by atoms with E-state index in [1.807, 2.05) is 68.4 Å². The molecule has 3 rings (SSSR count). The Morgan fingerprint density at radius 2 is 1.10 bits per heavy atom. The summed E-state index contributed by atoms with van der Waals surface area (Å²) in [5.74, 6) is 2.38. The van der Waals surface area contributed by atoms with E-state index in [4.69, 9.17) is 18.9 Å². The van der Waals surface area contributed by atoms with Gasteiger partial charge in [-0.15, -0.1) is 0 Å². The van der Waals surface area contributed by atoms with Gasteiger partial charge in [0.2, 0.25) is 0 Å². The van der Waals surface area contributed by atoms with Crippen LogP contribution in [0.3, 0.4) is 0 Å². The Morgan fingerprint density at radius 1 is 0.621 bits per heavy atom. The minimum absolute atomic E-state index is 0.164. The van der Waals surface area contributed by atoms with Crippen molar-refractivity contribution in [2.24, 2.45) is 0 Å². The first kappa shape index (κ1) is 20.7. The second-order valence-electron chi connectivity index (χ2n) is 6.85. The molecule has 0 aliphatic carbocycles. The average molecular weight is 392 g/mol. The van der Waals surface area contributed by atoms with Crippen LogP contribution in [0.15, 0.2) is 66.7 Å². The summed E-state index contributed by atoms with van der Waals surface area (Å²) in [5, 5.41) is 0. The largest absolute Gasteiger partial charge is 0.496 e. The Morgan fingerprint density at radius 3 is 1.59 bits per heavy atom. The van der Waals surface area contributed by atoms with E-state index >= 15 is 0 Å². The van der Waals surface area contributed by atoms with E-state index in [1.165, 1.54) is 0 Å². The van der Waals surface area contributed by atoms with Crippen molar-refractivity contribution in [3.8, 4) is 39.5 Å². The molecule has 0 radical (unpaired) electrons. The lowest BCUT2D eigenvalue weighted by atomic mass is 9.96. The number of hydrogen-bond donors (Lipinski definition) is 0. The number of methoxy groups -OCH3 is 2. The summed E-state index contributed by atoms with van der Waals surface area (Å²) >= 11 is 0. The van der Waals surface area contributed by atoms with Gasteiger partial charge in [-0.2, -0.15) is 0 Å². The van der Waals surface area contributed by atoms with Gasteiger partial charge in [-0.1, -0.05) is 54.6 Å². The molecule has 152 valence electrons. The maximum absolute atomic E-state index is 6.29. The summed E-state index contributed by atoms with van der Waals surface area (Å²) in [6.45, 7) is 5.00. The van der Waals surface area contributed by atoms with Gasteiger partial charge in [-0.3, -0.25) is 0 Å². The van der Waals surface area contributed by atoms with Crippen LogP contribution in [0, 0.1) is 0 Å². The van der Waals surface area contributed by atoms with Crippen molar-refractivity contribution in [1.82, 2.24) is 0 Å². The van der Waals surface area contributed by atoms with Crippen molar-refractivity contribution < 1.29 is 18.9 Å². The predicted octanol–water partition coefficient (Wildman–Crippen LogP) is 5.84. The molecule has 0 heterocycles. The number of hydrogen-bond acceptors (Lipinski definition) is 4. The van der Waals surface area contributed by atoms with E-state index in [1.54, 1.807) is 14.2 Å². The van der Waals surface area contributed by atoms with Crippen LogP contribution in [0.5, 0.6) is 17.2 Å². The van der Waals surface area contributed by atoms with E-state index in [0.717, 1.165) is 39.5 Å². The first-order chi connectivity index (χ1) is 14.2. The molecule has 0 saturated carbocycles. The van der Waals surface area contributed by atoms with Crippen LogP contribution in [0.2, 0.25) is 0 Å². The van der Waals surface area contributed by atoms with Crippen LogP contribution >= 0.6 is 0 Å². The molecule has 0 atom stereocenters. The van der Waals surface area contributed by atoms with Gasteiger partial charge in [-0.05, 0) is 26.0 Å². The molecule has 0 bridgehead atoms. The molecule has 3 aromatic carbocycles. The predicted molar refractivity (Wildman–Crippen MR) is 117 cm³/mol. The fourth-order valence-electron chi connectivity index (χ4n) is 3.28. The van der Waals surface area contributed by atoms with Gasteiger partial charge in [0.1, 0.15) is 23.9 Å². The third-order valence-electron chi connectivity index (χ3n) is 4.59. The lowest BCUT2D eigenvalue weighted by Crippen LogP contribution is -2.12. The maximum atomic E-state index is 6.29. The summed E-state index contributed by atoms with van der Waals surface area (Å²) in [6.07, 6.45) is 0.164. The summed E-state index contributed by atoms with van der Waals surface area (Å²) in [7, 11) is 3.36. The summed E-state index contributed by atoms with van der Waals surface area (Å²) < 4.78 is 23.2. The van der Waals surface area contributed by atoms with Crippen LogP contribution in [0.25, 0.3) is 22.3 Å². The highest BCUT2D eigenvalue weighted by Gasteiger charge is 2.18. The summed E-state index contributed by atoms with van der Waals surface area (Å²) in [5.41, 5.74) is 3.89. The molecular formula is C25H28O4. The van der Waals surface area contributed by atoms with Crippen molar-refractivity contribution in [3.63, 3.8) is 0 Å². The number of ether oxygens (including phenoxy) is 4. The van der Waals surface area contributed by atoms with Crippen LogP contribution in [-0.4, -0.2) is 33.5 Å². The highest BCUT2D eigenvalue weighted by molar-refractivity contribution is 5.86. The van der Waals surface area contributed by atoms with Gasteiger partial charge in [0.05, 0.1) is 26.9 Å². The lowest BCUT2D eigenvalue weighted by Gasteiger charge is -2.19. The van der Waals surface area contributed by atoms with E-state index in [-0.39, 0.29) is 6.10 Å². The molecular weight excluding hydrogens is 364 g/mol. The second-order valence-corrected chi connectivity index (χ2v) is 6.85. The zero-order valence-corrected chi connectivity index (χ0v) is 17.5. The van der Waals surface area contributed by atoms with Crippen molar-refractivity contribution >= 4 is 0 Å². The fourth-order valence-corrected chi connectivity index (χ4v) is 3.28. The third-order valence-corrected chi connectivity index (χ3v) is 4.59. The number of benzene rings is 3. The van der Waals surface area contributed by atoms with Crippen LogP contribution < -0.4 is 14.2 Å². The Balaban J connectivity index is 2.11. The maximum Gasteiger partial charge on any atom is 0.135 e. The summed E-state index contributed by atoms with van der Waals surface area (Å²) in [4.78, 5) is 0. The monoisotopic (exact) mass is 392 g/mol. The molecule has 0 N–H and O–H groups in total. The first-order valence-electron chi connectivity index (χ1n) is 9.80. The van der Waals surface area contributed by atoms with Gasteiger partial charge in [0.15, 0.2) is 0 Å². The van der Waals surface area contributed by atoms with Crippen LogP contribution in [0.1, 0.15) is 13.8 Å². The van der Waals surface area contributed by atoms with E-state index in [9.17, 15) is 0 Å². The smallest absolute Gasteiger partial charge is 0.135 e.